The Morgan fingerprint density at radius 3 is 2.54 bits per heavy atom. The number of rotatable bonds is 5. The zero-order valence-corrected chi connectivity index (χ0v) is 24.1. The Hall–Kier alpha value is -3.69. The van der Waals surface area contributed by atoms with E-state index in [0.717, 1.165) is 34.4 Å². The number of nitrogens with one attached hydrogen (secondary N) is 3. The highest BCUT2D eigenvalue weighted by Gasteiger charge is 2.28. The van der Waals surface area contributed by atoms with Crippen LogP contribution in [0.25, 0.3) is 11.6 Å². The molecule has 0 unspecified atom stereocenters. The van der Waals surface area contributed by atoms with Gasteiger partial charge in [-0.3, -0.25) is 14.4 Å². The van der Waals surface area contributed by atoms with Gasteiger partial charge in [-0.15, -0.1) is 0 Å². The number of hydrogen-bond donors (Lipinski definition) is 3. The molecule has 3 aromatic rings. The molecule has 2 aliphatic rings. The van der Waals surface area contributed by atoms with Crippen molar-refractivity contribution in [2.45, 2.75) is 26.8 Å². The number of hydrogen-bond acceptors (Lipinski definition) is 4. The Morgan fingerprint density at radius 2 is 1.82 bits per heavy atom. The third-order valence-corrected chi connectivity index (χ3v) is 8.02. The first-order valence-electron chi connectivity index (χ1n) is 13.0. The predicted molar refractivity (Wildman–Crippen MR) is 157 cm³/mol. The molecule has 9 heteroatoms. The second-order valence-electron chi connectivity index (χ2n) is 10.3. The second kappa shape index (κ2) is 10.8. The lowest BCUT2D eigenvalue weighted by Crippen LogP contribution is -2.47. The number of piperazine rings is 1. The maximum atomic E-state index is 13.3. The van der Waals surface area contributed by atoms with Crippen molar-refractivity contribution in [3.63, 3.8) is 0 Å². The Balaban J connectivity index is 1.41. The van der Waals surface area contributed by atoms with Gasteiger partial charge in [-0.25, -0.2) is 0 Å². The van der Waals surface area contributed by atoms with Crippen molar-refractivity contribution < 1.29 is 14.4 Å². The van der Waals surface area contributed by atoms with E-state index in [1.54, 1.807) is 24.3 Å². The van der Waals surface area contributed by atoms with Crippen molar-refractivity contribution >= 4 is 51.0 Å². The van der Waals surface area contributed by atoms with Crippen LogP contribution >= 0.6 is 15.9 Å². The molecule has 2 aliphatic heterocycles. The van der Waals surface area contributed by atoms with E-state index >= 15 is 0 Å². The van der Waals surface area contributed by atoms with Gasteiger partial charge in [-0.05, 0) is 75.4 Å². The monoisotopic (exact) mass is 589 g/mol. The molecule has 0 radical (unpaired) electrons. The van der Waals surface area contributed by atoms with Gasteiger partial charge in [0.15, 0.2) is 0 Å². The number of aromatic amines is 1. The van der Waals surface area contributed by atoms with Crippen LogP contribution in [0.15, 0.2) is 46.9 Å². The number of aryl methyl sites for hydroxylation is 1. The zero-order valence-electron chi connectivity index (χ0n) is 22.5. The zero-order chi connectivity index (χ0) is 27.8. The third-order valence-electron chi connectivity index (χ3n) is 7.53. The van der Waals surface area contributed by atoms with Crippen LogP contribution in [-0.4, -0.2) is 65.7 Å². The minimum absolute atomic E-state index is 0.00814. The number of fused-ring (bicyclic) bond motifs is 1. The van der Waals surface area contributed by atoms with E-state index in [1.165, 1.54) is 0 Å². The summed E-state index contributed by atoms with van der Waals surface area (Å²) in [5.74, 6) is -0.464. The number of anilines is 1. The summed E-state index contributed by atoms with van der Waals surface area (Å²) in [6.45, 7) is 8.80. The normalized spacial score (nSPS) is 17.2. The molecule has 2 aromatic carbocycles. The quantitative estimate of drug-likeness (QED) is 0.374. The first-order chi connectivity index (χ1) is 18.6. The average Bonchev–Trinajstić information content (AvgIpc) is 3.37. The number of carbonyl (C=O) groups is 3. The fraction of sp³-hybridized carbons (Fsp3) is 0.300. The number of H-pyrrole nitrogens is 1. The molecule has 0 bridgehead atoms. The molecule has 3 heterocycles. The fourth-order valence-electron chi connectivity index (χ4n) is 5.16. The van der Waals surface area contributed by atoms with Crippen molar-refractivity contribution in [3.05, 3.63) is 86.1 Å². The minimum atomic E-state index is -0.247. The van der Waals surface area contributed by atoms with Crippen LogP contribution in [-0.2, 0) is 4.79 Å². The number of likely N-dealkylation sites (N-methyl/N-ethyl adjacent to an activating group) is 1. The molecular weight excluding hydrogens is 558 g/mol. The molecule has 1 atom stereocenters. The summed E-state index contributed by atoms with van der Waals surface area (Å²) >= 11 is 3.47. The predicted octanol–water partition coefficient (Wildman–Crippen LogP) is 4.77. The summed E-state index contributed by atoms with van der Waals surface area (Å²) in [6.07, 6.45) is 1.77. The molecule has 1 saturated heterocycles. The standard InChI is InChI=1S/C30H32BrN5O3/c1-17-26(32-19(3)27(17)30(39)36-12-10-35(4)11-13-36)16-24-23-15-21(8-9-25(23)34-29(24)38)28(37)33-18(2)20-6-5-7-22(31)14-20/h5-9,14-16,18,32H,10-13H2,1-4H3,(H,33,37)(H,34,38)/t18-/m0/s1. The van der Waals surface area contributed by atoms with Crippen LogP contribution in [0, 0.1) is 13.8 Å². The number of halogens is 1. The van der Waals surface area contributed by atoms with Crippen LogP contribution in [0.3, 0.4) is 0 Å². The van der Waals surface area contributed by atoms with E-state index < -0.39 is 0 Å². The Bertz CT molecular complexity index is 1500. The lowest BCUT2D eigenvalue weighted by atomic mass is 10.0. The fourth-order valence-corrected chi connectivity index (χ4v) is 5.58. The summed E-state index contributed by atoms with van der Waals surface area (Å²) in [7, 11) is 2.06. The van der Waals surface area contributed by atoms with Crippen molar-refractivity contribution in [1.82, 2.24) is 20.1 Å². The maximum absolute atomic E-state index is 13.3. The van der Waals surface area contributed by atoms with Gasteiger partial charge in [0.05, 0.1) is 17.2 Å². The van der Waals surface area contributed by atoms with Gasteiger partial charge in [-0.1, -0.05) is 28.1 Å². The van der Waals surface area contributed by atoms with E-state index in [0.29, 0.717) is 46.7 Å². The highest BCUT2D eigenvalue weighted by atomic mass is 79.9. The number of aromatic nitrogens is 1. The van der Waals surface area contributed by atoms with Crippen molar-refractivity contribution in [2.24, 2.45) is 0 Å². The lowest BCUT2D eigenvalue weighted by molar-refractivity contribution is -0.110. The van der Waals surface area contributed by atoms with E-state index in [2.05, 4.69) is 43.5 Å². The second-order valence-corrected chi connectivity index (χ2v) is 11.2. The van der Waals surface area contributed by atoms with Gasteiger partial charge in [0, 0.05) is 58.9 Å². The first-order valence-corrected chi connectivity index (χ1v) is 13.8. The summed E-state index contributed by atoms with van der Waals surface area (Å²) in [5, 5.41) is 5.93. The van der Waals surface area contributed by atoms with Crippen molar-refractivity contribution in [1.29, 1.82) is 0 Å². The number of carbonyl (C=O) groups excluding carboxylic acids is 3. The highest BCUT2D eigenvalue weighted by Crippen LogP contribution is 2.35. The molecular formula is C30H32BrN5O3. The van der Waals surface area contributed by atoms with Crippen LogP contribution in [0.5, 0.6) is 0 Å². The van der Waals surface area contributed by atoms with E-state index in [1.807, 2.05) is 49.9 Å². The summed E-state index contributed by atoms with van der Waals surface area (Å²) in [4.78, 5) is 46.8. The molecule has 3 N–H and O–H groups in total. The molecule has 0 aliphatic carbocycles. The SMILES string of the molecule is Cc1[nH]c(C=C2C(=O)Nc3ccc(C(=O)N[C@@H](C)c4cccc(Br)c4)cc32)c(C)c1C(=O)N1CCN(C)CC1. The van der Waals surface area contributed by atoms with Gasteiger partial charge < -0.3 is 25.4 Å². The van der Waals surface area contributed by atoms with Crippen LogP contribution in [0.1, 0.15) is 61.8 Å². The smallest absolute Gasteiger partial charge is 0.256 e. The maximum Gasteiger partial charge on any atom is 0.256 e. The Morgan fingerprint density at radius 1 is 1.08 bits per heavy atom. The molecule has 1 fully saturated rings. The van der Waals surface area contributed by atoms with Crippen molar-refractivity contribution in [2.75, 3.05) is 38.5 Å². The van der Waals surface area contributed by atoms with Crippen LogP contribution < -0.4 is 10.6 Å². The molecule has 3 amide bonds. The summed E-state index contributed by atoms with van der Waals surface area (Å²) in [6, 6.07) is 12.8. The van der Waals surface area contributed by atoms with Gasteiger partial charge in [0.2, 0.25) is 0 Å². The van der Waals surface area contributed by atoms with Gasteiger partial charge >= 0.3 is 0 Å². The molecule has 5 rings (SSSR count). The lowest BCUT2D eigenvalue weighted by Gasteiger charge is -2.32. The molecule has 39 heavy (non-hydrogen) atoms. The average molecular weight is 591 g/mol. The number of nitrogens with zero attached hydrogens (tertiary/aromatic N) is 2. The molecule has 0 spiro atoms. The molecule has 8 nitrogen and oxygen atoms in total. The highest BCUT2D eigenvalue weighted by molar-refractivity contribution is 9.10. The number of benzene rings is 2. The summed E-state index contributed by atoms with van der Waals surface area (Å²) in [5.41, 5.74) is 6.14. The largest absolute Gasteiger partial charge is 0.358 e. The van der Waals surface area contributed by atoms with Gasteiger partial charge in [0.25, 0.3) is 17.7 Å². The summed E-state index contributed by atoms with van der Waals surface area (Å²) < 4.78 is 0.946. The minimum Gasteiger partial charge on any atom is -0.358 e. The number of amides is 3. The Labute approximate surface area is 236 Å². The topological polar surface area (TPSA) is 97.5 Å². The first kappa shape index (κ1) is 26.9. The van der Waals surface area contributed by atoms with E-state index in [9.17, 15) is 14.4 Å². The van der Waals surface area contributed by atoms with Crippen molar-refractivity contribution in [3.8, 4) is 0 Å². The Kier molecular flexibility index (Phi) is 7.46. The molecule has 202 valence electrons. The van der Waals surface area contributed by atoms with Crippen LogP contribution in [0.4, 0.5) is 5.69 Å². The van der Waals surface area contributed by atoms with E-state index in [4.69, 9.17) is 0 Å². The van der Waals surface area contributed by atoms with Gasteiger partial charge in [-0.2, -0.15) is 0 Å². The molecule has 0 saturated carbocycles. The third kappa shape index (κ3) is 5.42. The van der Waals surface area contributed by atoms with Crippen LogP contribution in [0.2, 0.25) is 0 Å². The van der Waals surface area contributed by atoms with E-state index in [-0.39, 0.29) is 23.8 Å². The molecule has 1 aromatic heterocycles. The van der Waals surface area contributed by atoms with Gasteiger partial charge in [0.1, 0.15) is 0 Å².